The molecule has 0 aromatic carbocycles. The number of anilines is 1. The summed E-state index contributed by atoms with van der Waals surface area (Å²) in [4.78, 5) is 30.8. The monoisotopic (exact) mass is 283 g/mol. The molecule has 1 aliphatic carbocycles. The molecular formula is C12H14ClN3O3. The molecule has 1 saturated carbocycles. The Morgan fingerprint density at radius 2 is 2.05 bits per heavy atom. The first-order chi connectivity index (χ1) is 8.95. The number of hydrogen-bond donors (Lipinski definition) is 2. The third-order valence-corrected chi connectivity index (χ3v) is 3.40. The normalized spacial score (nSPS) is 22.2. The van der Waals surface area contributed by atoms with E-state index in [1.807, 2.05) is 0 Å². The second-order valence-corrected chi connectivity index (χ2v) is 5.08. The van der Waals surface area contributed by atoms with Crippen LogP contribution in [0.2, 0.25) is 5.15 Å². The van der Waals surface area contributed by atoms with Gasteiger partial charge in [0.1, 0.15) is 5.15 Å². The van der Waals surface area contributed by atoms with Crippen LogP contribution in [0.25, 0.3) is 0 Å². The SMILES string of the molecule is Cc1cc(Cl)nc(NC(=O)C2CCC(C(=O)O)C2)n1. The summed E-state index contributed by atoms with van der Waals surface area (Å²) in [5.74, 6) is -1.66. The van der Waals surface area contributed by atoms with Crippen molar-refractivity contribution in [1.29, 1.82) is 0 Å². The number of nitrogens with zero attached hydrogens (tertiary/aromatic N) is 2. The number of carboxylic acid groups (broad SMARTS) is 1. The van der Waals surface area contributed by atoms with Crippen LogP contribution in [0.15, 0.2) is 6.07 Å². The largest absolute Gasteiger partial charge is 0.481 e. The zero-order chi connectivity index (χ0) is 14.0. The van der Waals surface area contributed by atoms with Crippen LogP contribution in [0.1, 0.15) is 25.0 Å². The maximum absolute atomic E-state index is 12.0. The van der Waals surface area contributed by atoms with E-state index in [-0.39, 0.29) is 22.9 Å². The van der Waals surface area contributed by atoms with Gasteiger partial charge in [-0.1, -0.05) is 11.6 Å². The summed E-state index contributed by atoms with van der Waals surface area (Å²) in [6.07, 6.45) is 1.46. The molecule has 19 heavy (non-hydrogen) atoms. The standard InChI is InChI=1S/C12H14ClN3O3/c1-6-4-9(13)15-12(14-6)16-10(17)7-2-3-8(5-7)11(18)19/h4,7-8H,2-3,5H2,1H3,(H,18,19)(H,14,15,16,17). The Bertz CT molecular complexity index is 501. The molecule has 1 amide bonds. The van der Waals surface area contributed by atoms with Crippen molar-refractivity contribution in [2.24, 2.45) is 11.8 Å². The number of aliphatic carboxylic acids is 1. The van der Waals surface area contributed by atoms with Gasteiger partial charge in [-0.05, 0) is 32.3 Å². The minimum atomic E-state index is -0.842. The van der Waals surface area contributed by atoms with Crippen molar-refractivity contribution < 1.29 is 14.7 Å². The summed E-state index contributed by atoms with van der Waals surface area (Å²) >= 11 is 5.78. The van der Waals surface area contributed by atoms with Gasteiger partial charge in [-0.25, -0.2) is 9.97 Å². The van der Waals surface area contributed by atoms with E-state index in [4.69, 9.17) is 16.7 Å². The molecule has 2 atom stereocenters. The van der Waals surface area contributed by atoms with E-state index in [1.165, 1.54) is 0 Å². The molecule has 6 nitrogen and oxygen atoms in total. The Kier molecular flexibility index (Phi) is 3.99. The van der Waals surface area contributed by atoms with Gasteiger partial charge in [0.15, 0.2) is 0 Å². The van der Waals surface area contributed by atoms with Crippen LogP contribution in [0.3, 0.4) is 0 Å². The number of nitrogens with one attached hydrogen (secondary N) is 1. The summed E-state index contributed by atoms with van der Waals surface area (Å²) in [6.45, 7) is 1.75. The van der Waals surface area contributed by atoms with Crippen LogP contribution >= 0.6 is 11.6 Å². The molecule has 1 heterocycles. The van der Waals surface area contributed by atoms with Crippen molar-refractivity contribution in [2.75, 3.05) is 5.32 Å². The van der Waals surface area contributed by atoms with E-state index in [0.717, 1.165) is 0 Å². The number of carboxylic acids is 1. The number of halogens is 1. The quantitative estimate of drug-likeness (QED) is 0.826. The van der Waals surface area contributed by atoms with Crippen molar-refractivity contribution in [2.45, 2.75) is 26.2 Å². The van der Waals surface area contributed by atoms with Crippen molar-refractivity contribution in [3.8, 4) is 0 Å². The van der Waals surface area contributed by atoms with E-state index in [9.17, 15) is 9.59 Å². The van der Waals surface area contributed by atoms with Crippen LogP contribution in [0.5, 0.6) is 0 Å². The van der Waals surface area contributed by atoms with Crippen molar-refractivity contribution >= 4 is 29.4 Å². The third kappa shape index (κ3) is 3.41. The Morgan fingerprint density at radius 3 is 2.63 bits per heavy atom. The highest BCUT2D eigenvalue weighted by Crippen LogP contribution is 2.31. The lowest BCUT2D eigenvalue weighted by Gasteiger charge is -2.10. The number of amides is 1. The fraction of sp³-hybridized carbons (Fsp3) is 0.500. The van der Waals surface area contributed by atoms with E-state index in [0.29, 0.717) is 25.0 Å². The number of aryl methyl sites for hydroxylation is 1. The molecular weight excluding hydrogens is 270 g/mol. The Labute approximate surface area is 115 Å². The third-order valence-electron chi connectivity index (χ3n) is 3.21. The first-order valence-electron chi connectivity index (χ1n) is 6.00. The van der Waals surface area contributed by atoms with Crippen LogP contribution in [0.4, 0.5) is 5.95 Å². The van der Waals surface area contributed by atoms with Gasteiger partial charge >= 0.3 is 5.97 Å². The van der Waals surface area contributed by atoms with Crippen LogP contribution in [-0.2, 0) is 9.59 Å². The van der Waals surface area contributed by atoms with Gasteiger partial charge in [0, 0.05) is 11.6 Å². The first-order valence-corrected chi connectivity index (χ1v) is 6.38. The molecule has 102 valence electrons. The number of aromatic nitrogens is 2. The molecule has 0 saturated heterocycles. The molecule has 2 N–H and O–H groups in total. The Morgan fingerprint density at radius 1 is 1.37 bits per heavy atom. The molecule has 7 heteroatoms. The van der Waals surface area contributed by atoms with Crippen molar-refractivity contribution in [1.82, 2.24) is 9.97 Å². The number of carbonyl (C=O) groups excluding carboxylic acids is 1. The number of rotatable bonds is 3. The lowest BCUT2D eigenvalue weighted by Crippen LogP contribution is -2.23. The number of carbonyl (C=O) groups is 2. The predicted molar refractivity (Wildman–Crippen MR) is 68.9 cm³/mol. The Balaban J connectivity index is 2.00. The van der Waals surface area contributed by atoms with Gasteiger partial charge in [0.2, 0.25) is 11.9 Å². The van der Waals surface area contributed by atoms with Gasteiger partial charge in [-0.2, -0.15) is 0 Å². The molecule has 1 aromatic heterocycles. The average molecular weight is 284 g/mol. The minimum absolute atomic E-state index is 0.161. The lowest BCUT2D eigenvalue weighted by molar-refractivity contribution is -0.141. The molecule has 0 aliphatic heterocycles. The van der Waals surface area contributed by atoms with Gasteiger partial charge in [-0.15, -0.1) is 0 Å². The summed E-state index contributed by atoms with van der Waals surface area (Å²) < 4.78 is 0. The summed E-state index contributed by atoms with van der Waals surface area (Å²) in [5, 5.41) is 11.7. The molecule has 1 fully saturated rings. The number of hydrogen-bond acceptors (Lipinski definition) is 4. The fourth-order valence-electron chi connectivity index (χ4n) is 2.24. The maximum atomic E-state index is 12.0. The van der Waals surface area contributed by atoms with E-state index < -0.39 is 11.9 Å². The van der Waals surface area contributed by atoms with Gasteiger partial charge in [-0.3, -0.25) is 14.9 Å². The van der Waals surface area contributed by atoms with Crippen LogP contribution in [-0.4, -0.2) is 27.0 Å². The minimum Gasteiger partial charge on any atom is -0.481 e. The molecule has 0 radical (unpaired) electrons. The first kappa shape index (κ1) is 13.7. The van der Waals surface area contributed by atoms with E-state index in [1.54, 1.807) is 13.0 Å². The van der Waals surface area contributed by atoms with Gasteiger partial charge < -0.3 is 5.11 Å². The maximum Gasteiger partial charge on any atom is 0.306 e. The second-order valence-electron chi connectivity index (χ2n) is 4.69. The summed E-state index contributed by atoms with van der Waals surface area (Å²) in [6, 6.07) is 1.59. The molecule has 2 unspecified atom stereocenters. The highest BCUT2D eigenvalue weighted by molar-refractivity contribution is 6.29. The highest BCUT2D eigenvalue weighted by atomic mass is 35.5. The van der Waals surface area contributed by atoms with Gasteiger partial charge in [0.05, 0.1) is 5.92 Å². The van der Waals surface area contributed by atoms with Crippen molar-refractivity contribution in [3.05, 3.63) is 16.9 Å². The van der Waals surface area contributed by atoms with Crippen LogP contribution in [0, 0.1) is 18.8 Å². The zero-order valence-electron chi connectivity index (χ0n) is 10.4. The Hall–Kier alpha value is -1.69. The average Bonchev–Trinajstić information content (AvgIpc) is 2.76. The zero-order valence-corrected chi connectivity index (χ0v) is 11.1. The molecule has 1 aliphatic rings. The smallest absolute Gasteiger partial charge is 0.306 e. The van der Waals surface area contributed by atoms with E-state index in [2.05, 4.69) is 15.3 Å². The summed E-state index contributed by atoms with van der Waals surface area (Å²) in [5.41, 5.74) is 0.658. The van der Waals surface area contributed by atoms with Crippen molar-refractivity contribution in [3.63, 3.8) is 0 Å². The molecule has 0 spiro atoms. The molecule has 1 aromatic rings. The second kappa shape index (κ2) is 5.52. The van der Waals surface area contributed by atoms with Gasteiger partial charge in [0.25, 0.3) is 0 Å². The molecule has 0 bridgehead atoms. The predicted octanol–water partition coefficient (Wildman–Crippen LogP) is 1.88. The topological polar surface area (TPSA) is 92.2 Å². The lowest BCUT2D eigenvalue weighted by atomic mass is 10.0. The highest BCUT2D eigenvalue weighted by Gasteiger charge is 2.34. The summed E-state index contributed by atoms with van der Waals surface area (Å²) in [7, 11) is 0. The molecule has 2 rings (SSSR count). The van der Waals surface area contributed by atoms with E-state index >= 15 is 0 Å². The van der Waals surface area contributed by atoms with Crippen LogP contribution < -0.4 is 5.32 Å². The fourth-order valence-corrected chi connectivity index (χ4v) is 2.48.